The van der Waals surface area contributed by atoms with Crippen LogP contribution in [-0.4, -0.2) is 17.2 Å². The summed E-state index contributed by atoms with van der Waals surface area (Å²) >= 11 is 0. The van der Waals surface area contributed by atoms with Crippen LogP contribution in [0.1, 0.15) is 87.5 Å². The Hall–Kier alpha value is -4.34. The highest BCUT2D eigenvalue weighted by atomic mass is 31.2. The van der Waals surface area contributed by atoms with E-state index in [1.165, 1.54) is 107 Å². The fourth-order valence-electron chi connectivity index (χ4n) is 12.1. The van der Waals surface area contributed by atoms with E-state index < -0.39 is 15.8 Å². The van der Waals surface area contributed by atoms with Crippen LogP contribution in [0.5, 0.6) is 0 Å². The van der Waals surface area contributed by atoms with Gasteiger partial charge in [0, 0.05) is 15.2 Å². The maximum absolute atomic E-state index is 2.57. The topological polar surface area (TPSA) is 0 Å². The lowest BCUT2D eigenvalue weighted by Gasteiger charge is -2.57. The third-order valence-electron chi connectivity index (χ3n) is 14.0. The molecule has 57 heavy (non-hydrogen) atoms. The molecule has 0 aliphatic carbocycles. The second kappa shape index (κ2) is 15.1. The minimum absolute atomic E-state index is 0.0599. The molecule has 8 aromatic carbocycles. The Balaban J connectivity index is 1.32. The summed E-state index contributed by atoms with van der Waals surface area (Å²) < 4.78 is 0. The molecule has 2 fully saturated rings. The van der Waals surface area contributed by atoms with E-state index in [9.17, 15) is 0 Å². The summed E-state index contributed by atoms with van der Waals surface area (Å²) in [6, 6.07) is 66.5. The molecule has 0 amide bonds. The standard InChI is InChI=1S/C55H54P2/c1-3-35-53(36-4-2,56-39-17-37-54(56,49-31-13-23-41-19-5-9-27-45(41)49)50-32-14-24-42-20-6-10-28-46(42)50)57-40-18-38-55(57,51-33-15-25-43-21-7-11-29-47(43)51)52-34-16-26-44-22-8-12-30-48(44)52/h5-16,19-34H,3-4,17-18,35-40H2,1-2H3. The molecule has 2 aliphatic rings. The Kier molecular flexibility index (Phi) is 9.80. The first-order valence-corrected chi connectivity index (χ1v) is 24.7. The van der Waals surface area contributed by atoms with Gasteiger partial charge in [-0.1, -0.05) is 212 Å². The van der Waals surface area contributed by atoms with Gasteiger partial charge in [-0.3, -0.25) is 0 Å². The van der Waals surface area contributed by atoms with E-state index in [1.807, 2.05) is 0 Å². The van der Waals surface area contributed by atoms with Gasteiger partial charge in [0.1, 0.15) is 0 Å². The zero-order valence-electron chi connectivity index (χ0n) is 33.6. The summed E-state index contributed by atoms with van der Waals surface area (Å²) in [6.07, 6.45) is 12.7. The summed E-state index contributed by atoms with van der Waals surface area (Å²) in [7, 11) is -1.12. The van der Waals surface area contributed by atoms with Crippen LogP contribution in [0, 0.1) is 0 Å². The van der Waals surface area contributed by atoms with E-state index >= 15 is 0 Å². The van der Waals surface area contributed by atoms with Gasteiger partial charge in [0.15, 0.2) is 0 Å². The molecule has 0 nitrogen and oxygen atoms in total. The van der Waals surface area contributed by atoms with Gasteiger partial charge in [-0.25, -0.2) is 0 Å². The quantitative estimate of drug-likeness (QED) is 0.121. The molecule has 0 aromatic heterocycles. The van der Waals surface area contributed by atoms with E-state index in [4.69, 9.17) is 0 Å². The predicted molar refractivity (Wildman–Crippen MR) is 252 cm³/mol. The van der Waals surface area contributed by atoms with Crippen LogP contribution in [0.25, 0.3) is 43.1 Å². The number of fused-ring (bicyclic) bond motifs is 4. The van der Waals surface area contributed by atoms with Gasteiger partial charge >= 0.3 is 0 Å². The molecule has 2 heterocycles. The molecule has 2 aliphatic heterocycles. The molecule has 0 spiro atoms. The number of hydrogen-bond acceptors (Lipinski definition) is 0. The molecular weight excluding hydrogens is 723 g/mol. The van der Waals surface area contributed by atoms with Crippen molar-refractivity contribution in [3.63, 3.8) is 0 Å². The van der Waals surface area contributed by atoms with Crippen LogP contribution in [-0.2, 0) is 10.3 Å². The summed E-state index contributed by atoms with van der Waals surface area (Å²) in [4.78, 5) is 0.211. The van der Waals surface area contributed by atoms with Gasteiger partial charge < -0.3 is 0 Å². The molecule has 2 unspecified atom stereocenters. The first kappa shape index (κ1) is 37.0. The molecule has 0 N–H and O–H groups in total. The van der Waals surface area contributed by atoms with Crippen LogP contribution in [0.4, 0.5) is 0 Å². The van der Waals surface area contributed by atoms with Gasteiger partial charge in [-0.05, 0) is 116 Å². The lowest BCUT2D eigenvalue weighted by Crippen LogP contribution is -2.39. The lowest BCUT2D eigenvalue weighted by molar-refractivity contribution is 0.586. The highest BCUT2D eigenvalue weighted by Gasteiger charge is 2.63. The monoisotopic (exact) mass is 776 g/mol. The van der Waals surface area contributed by atoms with Gasteiger partial charge in [-0.15, -0.1) is 0 Å². The minimum atomic E-state index is -0.559. The molecular formula is C55H54P2. The third-order valence-corrected chi connectivity index (χ3v) is 23.1. The number of benzene rings is 8. The summed E-state index contributed by atoms with van der Waals surface area (Å²) in [5, 5.41) is 11.2. The second-order valence-electron chi connectivity index (χ2n) is 16.8. The van der Waals surface area contributed by atoms with Crippen LogP contribution >= 0.6 is 15.8 Å². The van der Waals surface area contributed by atoms with Crippen LogP contribution < -0.4 is 0 Å². The first-order chi connectivity index (χ1) is 28.2. The highest BCUT2D eigenvalue weighted by Crippen LogP contribution is 2.88. The Morgan fingerprint density at radius 2 is 0.667 bits per heavy atom. The largest absolute Gasteiger partial charge is 0.0802 e. The zero-order valence-corrected chi connectivity index (χ0v) is 35.4. The van der Waals surface area contributed by atoms with Crippen LogP contribution in [0.15, 0.2) is 170 Å². The summed E-state index contributed by atoms with van der Waals surface area (Å²) in [5.74, 6) is 0. The van der Waals surface area contributed by atoms with E-state index in [-0.39, 0.29) is 15.2 Å². The molecule has 0 bridgehead atoms. The maximum Gasteiger partial charge on any atom is 0.0422 e. The second-order valence-corrected chi connectivity index (χ2v) is 23.0. The zero-order chi connectivity index (χ0) is 38.5. The van der Waals surface area contributed by atoms with Crippen molar-refractivity contribution >= 4 is 58.9 Å². The molecule has 284 valence electrons. The van der Waals surface area contributed by atoms with Crippen molar-refractivity contribution in [2.75, 3.05) is 12.3 Å². The predicted octanol–water partition coefficient (Wildman–Crippen LogP) is 16.3. The van der Waals surface area contributed by atoms with E-state index in [1.54, 1.807) is 22.3 Å². The van der Waals surface area contributed by atoms with Gasteiger partial charge in [0.05, 0.1) is 0 Å². The average Bonchev–Trinajstić information content (AvgIpc) is 3.93. The minimum Gasteiger partial charge on any atom is -0.0802 e. The summed E-state index contributed by atoms with van der Waals surface area (Å²) in [6.45, 7) is 5.02. The molecule has 2 heteroatoms. The van der Waals surface area contributed by atoms with Gasteiger partial charge in [0.25, 0.3) is 0 Å². The van der Waals surface area contributed by atoms with Crippen LogP contribution in [0.3, 0.4) is 0 Å². The number of hydrogen-bond donors (Lipinski definition) is 0. The molecule has 2 atom stereocenters. The van der Waals surface area contributed by atoms with Gasteiger partial charge in [0.2, 0.25) is 0 Å². The molecule has 0 radical (unpaired) electrons. The first-order valence-electron chi connectivity index (χ1n) is 21.6. The SMILES string of the molecule is CCCC(CCC)(P1CCCC1(c1cccc2ccccc12)c1cccc2ccccc12)P1CCCC1(c1cccc2ccccc12)c1cccc2ccccc12. The van der Waals surface area contributed by atoms with Crippen molar-refractivity contribution in [2.45, 2.75) is 80.4 Å². The lowest BCUT2D eigenvalue weighted by atomic mass is 9.82. The van der Waals surface area contributed by atoms with Crippen molar-refractivity contribution in [1.82, 2.24) is 0 Å². The fourth-order valence-corrected chi connectivity index (χ4v) is 23.7. The Bertz CT molecular complexity index is 2360. The Labute approximate surface area is 342 Å². The summed E-state index contributed by atoms with van der Waals surface area (Å²) in [5.41, 5.74) is 6.36. The van der Waals surface area contributed by atoms with Gasteiger partial charge in [-0.2, -0.15) is 0 Å². The average molecular weight is 777 g/mol. The van der Waals surface area contributed by atoms with Crippen molar-refractivity contribution in [3.05, 3.63) is 192 Å². The van der Waals surface area contributed by atoms with E-state index in [2.05, 4.69) is 184 Å². The molecule has 2 saturated heterocycles. The fraction of sp³-hybridized carbons (Fsp3) is 0.273. The van der Waals surface area contributed by atoms with E-state index in [0.29, 0.717) is 0 Å². The van der Waals surface area contributed by atoms with Crippen LogP contribution in [0.2, 0.25) is 0 Å². The Morgan fingerprint density at radius 1 is 0.386 bits per heavy atom. The molecule has 10 rings (SSSR count). The smallest absolute Gasteiger partial charge is 0.0422 e. The van der Waals surface area contributed by atoms with Crippen molar-refractivity contribution in [1.29, 1.82) is 0 Å². The molecule has 0 saturated carbocycles. The normalized spacial score (nSPS) is 19.2. The maximum atomic E-state index is 2.57. The van der Waals surface area contributed by atoms with Crippen molar-refractivity contribution in [2.24, 2.45) is 0 Å². The number of rotatable bonds is 10. The van der Waals surface area contributed by atoms with Crippen molar-refractivity contribution in [3.8, 4) is 0 Å². The molecule has 8 aromatic rings. The Morgan fingerprint density at radius 3 is 0.965 bits per heavy atom. The van der Waals surface area contributed by atoms with E-state index in [0.717, 1.165) is 0 Å². The van der Waals surface area contributed by atoms with Crippen molar-refractivity contribution < 1.29 is 0 Å². The third kappa shape index (κ3) is 5.69. The highest BCUT2D eigenvalue weighted by molar-refractivity contribution is 7.79.